The van der Waals surface area contributed by atoms with Crippen LogP contribution in [-0.4, -0.2) is 24.5 Å². The maximum atomic E-state index is 12.7. The van der Waals surface area contributed by atoms with Crippen molar-refractivity contribution in [2.24, 2.45) is 22.7 Å². The van der Waals surface area contributed by atoms with Crippen LogP contribution in [-0.2, 0) is 20.7 Å². The first-order valence-electron chi connectivity index (χ1n) is 11.1. The van der Waals surface area contributed by atoms with E-state index >= 15 is 0 Å². The molecule has 4 aliphatic carbocycles. The molecular weight excluding hydrogens is 364 g/mol. The number of methoxy groups -OCH3 is 1. The number of aryl methyl sites for hydroxylation is 1. The minimum atomic E-state index is -0.601. The average molecular weight is 397 g/mol. The van der Waals surface area contributed by atoms with Crippen molar-refractivity contribution in [2.75, 3.05) is 7.11 Å². The third kappa shape index (κ3) is 2.21. The summed E-state index contributed by atoms with van der Waals surface area (Å²) in [4.78, 5) is 24.9. The molecule has 6 atom stereocenters. The minimum Gasteiger partial charge on any atom is -0.497 e. The lowest BCUT2D eigenvalue weighted by molar-refractivity contribution is -0.181. The quantitative estimate of drug-likeness (QED) is 0.687. The average Bonchev–Trinajstić information content (AvgIpc) is 3.07. The topological polar surface area (TPSA) is 52.6 Å². The van der Waals surface area contributed by atoms with E-state index < -0.39 is 5.60 Å². The number of carbonyl (C=O) groups is 2. The van der Waals surface area contributed by atoms with Crippen LogP contribution in [0.5, 0.6) is 5.75 Å². The Balaban J connectivity index is 1.60. The van der Waals surface area contributed by atoms with Gasteiger partial charge in [-0.25, -0.2) is 0 Å². The highest BCUT2D eigenvalue weighted by atomic mass is 16.6. The van der Waals surface area contributed by atoms with Gasteiger partial charge in [0.05, 0.1) is 13.0 Å². The van der Waals surface area contributed by atoms with Crippen LogP contribution in [0.25, 0.3) is 0 Å². The Morgan fingerprint density at radius 2 is 1.90 bits per heavy atom. The summed E-state index contributed by atoms with van der Waals surface area (Å²) in [5, 5.41) is 0. The van der Waals surface area contributed by atoms with E-state index in [0.717, 1.165) is 50.7 Å². The summed E-state index contributed by atoms with van der Waals surface area (Å²) >= 11 is 0. The van der Waals surface area contributed by atoms with E-state index in [1.165, 1.54) is 18.1 Å². The Hall–Kier alpha value is -1.84. The number of hydrogen-bond donors (Lipinski definition) is 0. The zero-order chi connectivity index (χ0) is 20.6. The van der Waals surface area contributed by atoms with Gasteiger partial charge in [-0.1, -0.05) is 13.0 Å². The normalized spacial score (nSPS) is 41.9. The van der Waals surface area contributed by atoms with Crippen LogP contribution in [0, 0.1) is 22.7 Å². The standard InChI is InChI=1S/C25H32O4/c1-15(26)22-14-24-11-12-25(22,29-16(2)27)23(24,3)10-9-20-19-7-6-18(28-4)13-17(19)5-8-21(20)24/h6-7,13,20-22H,5,8-12,14H2,1-4H3/t20-,21-,22+,23+,24+,25-/m1/s1. The van der Waals surface area contributed by atoms with E-state index in [1.54, 1.807) is 14.0 Å². The first kappa shape index (κ1) is 19.1. The number of benzene rings is 1. The maximum absolute atomic E-state index is 12.7. The lowest BCUT2D eigenvalue weighted by atomic mass is 9.48. The molecule has 0 saturated heterocycles. The van der Waals surface area contributed by atoms with Crippen molar-refractivity contribution in [3.05, 3.63) is 29.3 Å². The van der Waals surface area contributed by atoms with Crippen molar-refractivity contribution < 1.29 is 19.1 Å². The summed E-state index contributed by atoms with van der Waals surface area (Å²) in [5.41, 5.74) is 2.30. The zero-order valence-electron chi connectivity index (χ0n) is 18.0. The van der Waals surface area contributed by atoms with Gasteiger partial charge in [-0.15, -0.1) is 0 Å². The van der Waals surface area contributed by atoms with Gasteiger partial charge in [0.15, 0.2) is 0 Å². The third-order valence-electron chi connectivity index (χ3n) is 9.55. The second-order valence-electron chi connectivity index (χ2n) is 10.2. The Morgan fingerprint density at radius 3 is 2.59 bits per heavy atom. The van der Waals surface area contributed by atoms with Gasteiger partial charge in [0.1, 0.15) is 17.1 Å². The van der Waals surface area contributed by atoms with Gasteiger partial charge < -0.3 is 9.47 Å². The molecule has 1 aromatic carbocycles. The van der Waals surface area contributed by atoms with Gasteiger partial charge in [-0.3, -0.25) is 9.59 Å². The molecule has 0 radical (unpaired) electrons. The lowest BCUT2D eigenvalue weighted by Crippen LogP contribution is -2.54. The highest BCUT2D eigenvalue weighted by Gasteiger charge is 2.79. The molecular formula is C25H32O4. The van der Waals surface area contributed by atoms with E-state index in [4.69, 9.17) is 9.47 Å². The number of hydrogen-bond acceptors (Lipinski definition) is 4. The number of carbonyl (C=O) groups excluding carboxylic acids is 2. The summed E-state index contributed by atoms with van der Waals surface area (Å²) in [6.45, 7) is 5.54. The van der Waals surface area contributed by atoms with E-state index in [9.17, 15) is 9.59 Å². The molecule has 29 heavy (non-hydrogen) atoms. The van der Waals surface area contributed by atoms with Crippen molar-refractivity contribution in [2.45, 2.75) is 77.2 Å². The molecule has 0 heterocycles. The first-order valence-corrected chi connectivity index (χ1v) is 11.1. The van der Waals surface area contributed by atoms with Crippen LogP contribution in [0.15, 0.2) is 18.2 Å². The van der Waals surface area contributed by atoms with Crippen molar-refractivity contribution in [1.29, 1.82) is 0 Å². The van der Waals surface area contributed by atoms with E-state index in [-0.39, 0.29) is 28.5 Å². The second kappa shape index (κ2) is 6.09. The fraction of sp³-hybridized carbons (Fsp3) is 0.680. The number of fused-ring (bicyclic) bond motifs is 3. The number of Topliss-reactive ketones (excluding diaryl/α,β-unsaturated/α-hetero) is 1. The molecule has 4 nitrogen and oxygen atoms in total. The molecule has 3 fully saturated rings. The molecule has 4 aliphatic rings. The van der Waals surface area contributed by atoms with Gasteiger partial charge in [0.25, 0.3) is 0 Å². The summed E-state index contributed by atoms with van der Waals surface area (Å²) in [6.07, 6.45) is 7.16. The molecule has 1 aromatic rings. The number of ether oxygens (including phenoxy) is 2. The molecule has 0 aliphatic heterocycles. The highest BCUT2D eigenvalue weighted by Crippen LogP contribution is 2.80. The molecule has 0 aromatic heterocycles. The van der Waals surface area contributed by atoms with Crippen molar-refractivity contribution in [3.63, 3.8) is 0 Å². The molecule has 0 amide bonds. The Bertz CT molecular complexity index is 891. The Labute approximate surface area is 173 Å². The van der Waals surface area contributed by atoms with Crippen molar-refractivity contribution in [1.82, 2.24) is 0 Å². The van der Waals surface area contributed by atoms with E-state index in [0.29, 0.717) is 11.8 Å². The van der Waals surface area contributed by atoms with Gasteiger partial charge >= 0.3 is 5.97 Å². The first-order chi connectivity index (χ1) is 13.8. The monoisotopic (exact) mass is 396 g/mol. The summed E-state index contributed by atoms with van der Waals surface area (Å²) < 4.78 is 11.6. The number of ketones is 1. The fourth-order valence-corrected chi connectivity index (χ4v) is 8.45. The Kier molecular flexibility index (Phi) is 4.02. The zero-order valence-corrected chi connectivity index (χ0v) is 18.0. The van der Waals surface area contributed by atoms with Crippen LogP contribution in [0.4, 0.5) is 0 Å². The SMILES string of the molecule is COc1ccc2c(c1)CC[C@@H]1[C@@H]2CC[C@@]2(C)[C@]13CC[C@@]2(OC(C)=O)[C@H](C(C)=O)C3. The largest absolute Gasteiger partial charge is 0.497 e. The third-order valence-corrected chi connectivity index (χ3v) is 9.55. The van der Waals surface area contributed by atoms with Gasteiger partial charge in [0.2, 0.25) is 0 Å². The minimum absolute atomic E-state index is 0.0965. The lowest BCUT2D eigenvalue weighted by Gasteiger charge is -2.56. The van der Waals surface area contributed by atoms with Gasteiger partial charge in [0, 0.05) is 12.3 Å². The van der Waals surface area contributed by atoms with Crippen LogP contribution in [0.1, 0.15) is 76.3 Å². The van der Waals surface area contributed by atoms with E-state index in [2.05, 4.69) is 25.1 Å². The Morgan fingerprint density at radius 1 is 1.10 bits per heavy atom. The van der Waals surface area contributed by atoms with E-state index in [1.807, 2.05) is 0 Å². The predicted octanol–water partition coefficient (Wildman–Crippen LogP) is 4.83. The second-order valence-corrected chi connectivity index (χ2v) is 10.2. The maximum Gasteiger partial charge on any atom is 0.303 e. The number of rotatable bonds is 3. The van der Waals surface area contributed by atoms with Crippen LogP contribution < -0.4 is 4.74 Å². The molecule has 4 heteroatoms. The van der Waals surface area contributed by atoms with Gasteiger partial charge in [-0.2, -0.15) is 0 Å². The smallest absolute Gasteiger partial charge is 0.303 e. The van der Waals surface area contributed by atoms with Crippen LogP contribution in [0.2, 0.25) is 0 Å². The molecule has 0 N–H and O–H groups in total. The summed E-state index contributed by atoms with van der Waals surface area (Å²) in [7, 11) is 1.73. The summed E-state index contributed by atoms with van der Waals surface area (Å²) in [6, 6.07) is 6.58. The molecule has 5 rings (SSSR count). The van der Waals surface area contributed by atoms with Crippen molar-refractivity contribution in [3.8, 4) is 5.75 Å². The molecule has 156 valence electrons. The van der Waals surface area contributed by atoms with Crippen LogP contribution in [0.3, 0.4) is 0 Å². The molecule has 3 saturated carbocycles. The van der Waals surface area contributed by atoms with Gasteiger partial charge in [-0.05, 0) is 92.4 Å². The van der Waals surface area contributed by atoms with Crippen molar-refractivity contribution >= 4 is 11.8 Å². The molecule has 0 unspecified atom stereocenters. The molecule has 2 bridgehead atoms. The number of esters is 1. The molecule has 0 spiro atoms. The fourth-order valence-electron chi connectivity index (χ4n) is 8.45. The predicted molar refractivity (Wildman–Crippen MR) is 110 cm³/mol. The highest BCUT2D eigenvalue weighted by molar-refractivity contribution is 5.82. The van der Waals surface area contributed by atoms with Crippen LogP contribution >= 0.6 is 0 Å². The summed E-state index contributed by atoms with van der Waals surface area (Å²) in [5.74, 6) is 1.84.